The van der Waals surface area contributed by atoms with Crippen LogP contribution in [0.25, 0.3) is 0 Å². The number of rotatable bonds is 5. The summed E-state index contributed by atoms with van der Waals surface area (Å²) in [7, 11) is 0. The van der Waals surface area contributed by atoms with Crippen molar-refractivity contribution in [1.82, 2.24) is 20.3 Å². The van der Waals surface area contributed by atoms with Gasteiger partial charge in [0, 0.05) is 5.56 Å². The van der Waals surface area contributed by atoms with Crippen LogP contribution in [-0.2, 0) is 12.1 Å². The maximum atomic E-state index is 12.4. The molecule has 0 saturated carbocycles. The van der Waals surface area contributed by atoms with Crippen molar-refractivity contribution in [3.05, 3.63) is 71.4 Å². The molecule has 0 aliphatic heterocycles. The molecule has 0 saturated heterocycles. The van der Waals surface area contributed by atoms with E-state index in [9.17, 15) is 4.79 Å². The largest absolute Gasteiger partial charge is 0.459 e. The van der Waals surface area contributed by atoms with E-state index in [0.29, 0.717) is 18.0 Å². The van der Waals surface area contributed by atoms with Gasteiger partial charge >= 0.3 is 0 Å². The lowest BCUT2D eigenvalue weighted by molar-refractivity contribution is 0.0881. The fourth-order valence-corrected chi connectivity index (χ4v) is 2.44. The third kappa shape index (κ3) is 3.37. The molecule has 2 heterocycles. The molecular weight excluding hydrogens is 304 g/mol. The predicted octanol–water partition coefficient (Wildman–Crippen LogP) is 2.89. The fraction of sp³-hybridized carbons (Fsp3) is 0.278. The summed E-state index contributed by atoms with van der Waals surface area (Å²) < 4.78 is 7.00. The van der Waals surface area contributed by atoms with Gasteiger partial charge in [0.2, 0.25) is 0 Å². The van der Waals surface area contributed by atoms with E-state index >= 15 is 0 Å². The first-order valence-electron chi connectivity index (χ1n) is 7.77. The monoisotopic (exact) mass is 324 g/mol. The van der Waals surface area contributed by atoms with Gasteiger partial charge in [0.15, 0.2) is 5.76 Å². The molecule has 6 nitrogen and oxygen atoms in total. The molecule has 1 amide bonds. The molecule has 2 aromatic heterocycles. The zero-order chi connectivity index (χ0) is 17.2. The summed E-state index contributed by atoms with van der Waals surface area (Å²) in [5.41, 5.74) is 1.97. The van der Waals surface area contributed by atoms with Crippen LogP contribution in [0.15, 0.2) is 53.3 Å². The number of furan rings is 1. The Hall–Kier alpha value is -2.89. The van der Waals surface area contributed by atoms with Gasteiger partial charge in [-0.2, -0.15) is 0 Å². The van der Waals surface area contributed by atoms with E-state index in [1.54, 1.807) is 10.7 Å². The third-order valence-electron chi connectivity index (χ3n) is 3.86. The number of hydrogen-bond donors (Lipinski definition) is 1. The van der Waals surface area contributed by atoms with E-state index < -0.39 is 5.54 Å². The zero-order valence-corrected chi connectivity index (χ0v) is 14.0. The number of benzene rings is 1. The lowest BCUT2D eigenvalue weighted by Crippen LogP contribution is -2.41. The van der Waals surface area contributed by atoms with E-state index in [4.69, 9.17) is 4.42 Å². The Morgan fingerprint density at radius 2 is 2.00 bits per heavy atom. The molecular formula is C18H20N4O2. The number of nitrogens with zero attached hydrogens (tertiary/aromatic N) is 3. The van der Waals surface area contributed by atoms with Crippen LogP contribution in [0.3, 0.4) is 0 Å². The molecule has 3 aromatic rings. The van der Waals surface area contributed by atoms with Gasteiger partial charge in [-0.05, 0) is 32.4 Å². The molecule has 0 fully saturated rings. The minimum Gasteiger partial charge on any atom is -0.459 e. The Bertz CT molecular complexity index is 834. The molecule has 6 heteroatoms. The first-order valence-corrected chi connectivity index (χ1v) is 7.77. The molecule has 0 spiro atoms. The van der Waals surface area contributed by atoms with E-state index in [2.05, 4.69) is 15.6 Å². The second-order valence-corrected chi connectivity index (χ2v) is 6.30. The molecule has 24 heavy (non-hydrogen) atoms. The smallest absolute Gasteiger partial charge is 0.287 e. The maximum absolute atomic E-state index is 12.4. The molecule has 124 valence electrons. The maximum Gasteiger partial charge on any atom is 0.287 e. The van der Waals surface area contributed by atoms with E-state index in [1.807, 2.05) is 57.3 Å². The number of carbonyl (C=O) groups is 1. The molecule has 0 atom stereocenters. The molecule has 1 aromatic carbocycles. The number of aryl methyl sites for hydroxylation is 1. The lowest BCUT2D eigenvalue weighted by atomic mass is 10.0. The van der Waals surface area contributed by atoms with Gasteiger partial charge in [0.05, 0.1) is 24.5 Å². The Morgan fingerprint density at radius 1 is 1.25 bits per heavy atom. The summed E-state index contributed by atoms with van der Waals surface area (Å²) in [6.07, 6.45) is 3.36. The van der Waals surface area contributed by atoms with Crippen LogP contribution in [0.5, 0.6) is 0 Å². The van der Waals surface area contributed by atoms with Crippen molar-refractivity contribution in [3.63, 3.8) is 0 Å². The van der Waals surface area contributed by atoms with Gasteiger partial charge in [-0.15, -0.1) is 5.10 Å². The quantitative estimate of drug-likeness (QED) is 0.783. The Morgan fingerprint density at radius 3 is 2.67 bits per heavy atom. The van der Waals surface area contributed by atoms with Crippen LogP contribution < -0.4 is 5.32 Å². The first-order chi connectivity index (χ1) is 11.5. The van der Waals surface area contributed by atoms with Gasteiger partial charge in [-0.3, -0.25) is 4.79 Å². The number of carbonyl (C=O) groups excluding carboxylic acids is 1. The highest BCUT2D eigenvalue weighted by atomic mass is 16.3. The van der Waals surface area contributed by atoms with Crippen molar-refractivity contribution in [2.75, 3.05) is 0 Å². The molecule has 0 radical (unpaired) electrons. The van der Waals surface area contributed by atoms with E-state index in [-0.39, 0.29) is 5.91 Å². The standard InChI is InChI=1S/C18H20N4O2/c1-13-9-10-24-16(13)17(23)19-18(2,3)15-12-22(21-20-15)11-14-7-5-4-6-8-14/h4-10,12H,11H2,1-3H3,(H,19,23). The van der Waals surface area contributed by atoms with Gasteiger partial charge in [0.1, 0.15) is 5.69 Å². The van der Waals surface area contributed by atoms with Crippen molar-refractivity contribution in [2.45, 2.75) is 32.9 Å². The minimum atomic E-state index is -0.661. The Labute approximate surface area is 140 Å². The summed E-state index contributed by atoms with van der Waals surface area (Å²) in [5, 5.41) is 11.3. The van der Waals surface area contributed by atoms with Gasteiger partial charge in [0.25, 0.3) is 5.91 Å². The molecule has 0 aliphatic rings. The molecule has 1 N–H and O–H groups in total. The van der Waals surface area contributed by atoms with Gasteiger partial charge in [-0.25, -0.2) is 4.68 Å². The van der Waals surface area contributed by atoms with Crippen LogP contribution in [0, 0.1) is 6.92 Å². The second-order valence-electron chi connectivity index (χ2n) is 6.30. The predicted molar refractivity (Wildman–Crippen MR) is 89.5 cm³/mol. The summed E-state index contributed by atoms with van der Waals surface area (Å²) in [6.45, 7) is 6.25. The highest BCUT2D eigenvalue weighted by Gasteiger charge is 2.28. The molecule has 0 bridgehead atoms. The highest BCUT2D eigenvalue weighted by Crippen LogP contribution is 2.19. The zero-order valence-electron chi connectivity index (χ0n) is 14.0. The average molecular weight is 324 g/mol. The van der Waals surface area contributed by atoms with Gasteiger partial charge < -0.3 is 9.73 Å². The van der Waals surface area contributed by atoms with Crippen LogP contribution in [0.1, 0.15) is 41.2 Å². The third-order valence-corrected chi connectivity index (χ3v) is 3.86. The first kappa shape index (κ1) is 16.0. The van der Waals surface area contributed by atoms with Crippen LogP contribution in [0.2, 0.25) is 0 Å². The van der Waals surface area contributed by atoms with Crippen molar-refractivity contribution in [1.29, 1.82) is 0 Å². The number of amides is 1. The fourth-order valence-electron chi connectivity index (χ4n) is 2.44. The summed E-state index contributed by atoms with van der Waals surface area (Å²) in [5.74, 6) is 0.0554. The number of nitrogens with one attached hydrogen (secondary N) is 1. The highest BCUT2D eigenvalue weighted by molar-refractivity contribution is 5.93. The Balaban J connectivity index is 1.73. The minimum absolute atomic E-state index is 0.264. The van der Waals surface area contributed by atoms with Crippen molar-refractivity contribution in [2.24, 2.45) is 0 Å². The molecule has 0 aliphatic carbocycles. The van der Waals surface area contributed by atoms with E-state index in [0.717, 1.165) is 11.1 Å². The summed E-state index contributed by atoms with van der Waals surface area (Å²) in [6, 6.07) is 11.8. The molecule has 3 rings (SSSR count). The van der Waals surface area contributed by atoms with Crippen LogP contribution in [-0.4, -0.2) is 20.9 Å². The van der Waals surface area contributed by atoms with Crippen molar-refractivity contribution in [3.8, 4) is 0 Å². The second kappa shape index (κ2) is 6.31. The SMILES string of the molecule is Cc1ccoc1C(=O)NC(C)(C)c1cn(Cc2ccccc2)nn1. The molecule has 0 unspecified atom stereocenters. The normalized spacial score (nSPS) is 11.5. The summed E-state index contributed by atoms with van der Waals surface area (Å²) >= 11 is 0. The van der Waals surface area contributed by atoms with Crippen LogP contribution >= 0.6 is 0 Å². The number of aromatic nitrogens is 3. The number of hydrogen-bond acceptors (Lipinski definition) is 4. The van der Waals surface area contributed by atoms with Crippen LogP contribution in [0.4, 0.5) is 0 Å². The van der Waals surface area contributed by atoms with E-state index in [1.165, 1.54) is 6.26 Å². The Kier molecular flexibility index (Phi) is 4.20. The topological polar surface area (TPSA) is 73.0 Å². The summed E-state index contributed by atoms with van der Waals surface area (Å²) in [4.78, 5) is 12.4. The lowest BCUT2D eigenvalue weighted by Gasteiger charge is -2.23. The average Bonchev–Trinajstić information content (AvgIpc) is 3.17. The van der Waals surface area contributed by atoms with Crippen molar-refractivity contribution < 1.29 is 9.21 Å². The van der Waals surface area contributed by atoms with Gasteiger partial charge in [-0.1, -0.05) is 35.5 Å². The van der Waals surface area contributed by atoms with Crippen molar-refractivity contribution >= 4 is 5.91 Å².